The average molecular weight is 568 g/mol. The summed E-state index contributed by atoms with van der Waals surface area (Å²) in [6, 6.07) is 16.7. The molecule has 0 aliphatic rings. The highest BCUT2D eigenvalue weighted by Gasteiger charge is 2.37. The van der Waals surface area contributed by atoms with Gasteiger partial charge in [-0.25, -0.2) is 0 Å². The number of aliphatic hydroxyl groups is 1. The van der Waals surface area contributed by atoms with Crippen molar-refractivity contribution in [2.24, 2.45) is 0 Å². The van der Waals surface area contributed by atoms with Gasteiger partial charge in [0.15, 0.2) is 17.0 Å². The smallest absolute Gasteiger partial charge is 0.294 e. The molecule has 0 fully saturated rings. The van der Waals surface area contributed by atoms with Gasteiger partial charge in [-0.05, 0) is 17.7 Å². The molecule has 0 saturated carbocycles. The zero-order valence-electron chi connectivity index (χ0n) is 18.7. The van der Waals surface area contributed by atoms with Crippen molar-refractivity contribution in [2.75, 3.05) is 0 Å². The van der Waals surface area contributed by atoms with E-state index in [0.717, 1.165) is 5.56 Å². The van der Waals surface area contributed by atoms with E-state index in [0.29, 0.717) is 23.2 Å². The molecule has 1 aromatic heterocycles. The minimum absolute atomic E-state index is 0.184. The number of hydrogen-bond acceptors (Lipinski definition) is 8. The minimum Gasteiger partial charge on any atom is -0.504 e. The SMILES string of the molecule is O=[N+]([O-])c1cc([N+](=O)[O-])c(/C(=C(\O)c2ccc(Br)cc2)[n+]2cnn(Cc3ccccc3)c2)c([N+](=O)[O-])c1. The Bertz CT molecular complexity index is 1520. The highest BCUT2D eigenvalue weighted by Crippen LogP contribution is 2.39. The van der Waals surface area contributed by atoms with Crippen molar-refractivity contribution in [1.82, 2.24) is 9.78 Å². The van der Waals surface area contributed by atoms with E-state index >= 15 is 0 Å². The summed E-state index contributed by atoms with van der Waals surface area (Å²) in [4.78, 5) is 32.4. The van der Waals surface area contributed by atoms with Crippen LogP contribution in [0.4, 0.5) is 17.1 Å². The predicted octanol–water partition coefficient (Wildman–Crippen LogP) is 4.64. The van der Waals surface area contributed by atoms with E-state index in [-0.39, 0.29) is 11.3 Å². The van der Waals surface area contributed by atoms with Crippen molar-refractivity contribution >= 4 is 44.4 Å². The number of non-ortho nitro benzene ring substituents is 1. The molecule has 0 bridgehead atoms. The number of rotatable bonds is 8. The quantitative estimate of drug-likeness (QED) is 0.105. The summed E-state index contributed by atoms with van der Waals surface area (Å²) in [5.41, 5.74) is -2.60. The first-order chi connectivity index (χ1) is 17.7. The third kappa shape index (κ3) is 5.33. The number of halogens is 1. The van der Waals surface area contributed by atoms with Gasteiger partial charge in [0.1, 0.15) is 6.54 Å². The fourth-order valence-electron chi connectivity index (χ4n) is 3.64. The van der Waals surface area contributed by atoms with Crippen LogP contribution in [-0.2, 0) is 6.54 Å². The van der Waals surface area contributed by atoms with Gasteiger partial charge < -0.3 is 5.11 Å². The van der Waals surface area contributed by atoms with Gasteiger partial charge in [-0.2, -0.15) is 4.57 Å². The number of aliphatic hydroxyl groups excluding tert-OH is 1. The number of aromatic nitrogens is 3. The monoisotopic (exact) mass is 567 g/mol. The Kier molecular flexibility index (Phi) is 7.01. The Balaban J connectivity index is 2.01. The maximum atomic E-state index is 12.0. The van der Waals surface area contributed by atoms with E-state index in [4.69, 9.17) is 0 Å². The lowest BCUT2D eigenvalue weighted by Gasteiger charge is -2.10. The standard InChI is InChI=1S/C23H15BrN6O7/c24-17-8-6-16(7-9-17)23(31)22(26-13-25-27(14-26)12-15-4-2-1-3-5-15)21-19(29(34)35)10-18(28(32)33)11-20(21)30(36)37/h1-11,13-14H,12H2/p+1/b23-22+. The second kappa shape index (κ2) is 10.3. The predicted molar refractivity (Wildman–Crippen MR) is 133 cm³/mol. The van der Waals surface area contributed by atoms with Crippen LogP contribution in [0.1, 0.15) is 16.7 Å². The van der Waals surface area contributed by atoms with Gasteiger partial charge in [-0.3, -0.25) is 30.3 Å². The van der Waals surface area contributed by atoms with Gasteiger partial charge in [0, 0.05) is 15.1 Å². The Morgan fingerprint density at radius 1 is 0.919 bits per heavy atom. The van der Waals surface area contributed by atoms with Gasteiger partial charge in [-0.15, -0.1) is 4.68 Å². The molecule has 186 valence electrons. The van der Waals surface area contributed by atoms with E-state index in [1.165, 1.54) is 34.0 Å². The van der Waals surface area contributed by atoms with Crippen LogP contribution in [0.3, 0.4) is 0 Å². The fraction of sp³-hybridized carbons (Fsp3) is 0.0435. The van der Waals surface area contributed by atoms with Gasteiger partial charge in [0.05, 0.1) is 26.9 Å². The molecule has 0 spiro atoms. The van der Waals surface area contributed by atoms with E-state index in [1.54, 1.807) is 12.1 Å². The van der Waals surface area contributed by atoms with Crippen molar-refractivity contribution in [1.29, 1.82) is 0 Å². The summed E-state index contributed by atoms with van der Waals surface area (Å²) in [6.45, 7) is 0.296. The molecular formula is C23H16BrN6O7+. The average Bonchev–Trinajstić information content (AvgIpc) is 3.32. The van der Waals surface area contributed by atoms with Crippen molar-refractivity contribution in [3.63, 3.8) is 0 Å². The topological polar surface area (TPSA) is 171 Å². The van der Waals surface area contributed by atoms with Crippen LogP contribution in [0.5, 0.6) is 0 Å². The largest absolute Gasteiger partial charge is 0.504 e. The third-order valence-electron chi connectivity index (χ3n) is 5.29. The Hall–Kier alpha value is -4.98. The second-order valence-electron chi connectivity index (χ2n) is 7.67. The molecule has 3 aromatic carbocycles. The molecule has 0 radical (unpaired) electrons. The summed E-state index contributed by atoms with van der Waals surface area (Å²) in [5, 5.41) is 50.8. The van der Waals surface area contributed by atoms with Crippen molar-refractivity contribution in [2.45, 2.75) is 6.54 Å². The second-order valence-corrected chi connectivity index (χ2v) is 8.59. The van der Waals surface area contributed by atoms with Crippen LogP contribution in [0.2, 0.25) is 0 Å². The van der Waals surface area contributed by atoms with Crippen molar-refractivity contribution < 1.29 is 24.4 Å². The Morgan fingerprint density at radius 2 is 1.51 bits per heavy atom. The van der Waals surface area contributed by atoms with Gasteiger partial charge in [0.25, 0.3) is 23.4 Å². The Labute approximate surface area is 216 Å². The number of nitrogens with zero attached hydrogens (tertiary/aromatic N) is 6. The number of benzene rings is 3. The molecular weight excluding hydrogens is 552 g/mol. The first kappa shape index (κ1) is 25.1. The van der Waals surface area contributed by atoms with Gasteiger partial charge >= 0.3 is 0 Å². The zero-order chi connectivity index (χ0) is 26.7. The summed E-state index contributed by atoms with van der Waals surface area (Å²) in [6.07, 6.45) is 2.62. The molecule has 4 rings (SSSR count). The van der Waals surface area contributed by atoms with Crippen molar-refractivity contribution in [3.8, 4) is 0 Å². The number of nitro benzene ring substituents is 3. The molecule has 0 amide bonds. The van der Waals surface area contributed by atoms with Crippen LogP contribution >= 0.6 is 15.9 Å². The van der Waals surface area contributed by atoms with Crippen LogP contribution < -0.4 is 4.57 Å². The molecule has 0 aliphatic heterocycles. The Morgan fingerprint density at radius 3 is 2.05 bits per heavy atom. The molecule has 13 nitrogen and oxygen atoms in total. The van der Waals surface area contributed by atoms with E-state index in [2.05, 4.69) is 21.0 Å². The lowest BCUT2D eigenvalue weighted by Crippen LogP contribution is -2.32. The molecule has 0 atom stereocenters. The summed E-state index contributed by atoms with van der Waals surface area (Å²) < 4.78 is 3.34. The minimum atomic E-state index is -0.973. The van der Waals surface area contributed by atoms with Crippen LogP contribution in [-0.4, -0.2) is 29.7 Å². The van der Waals surface area contributed by atoms with E-state index in [1.807, 2.05) is 30.3 Å². The van der Waals surface area contributed by atoms with E-state index < -0.39 is 43.2 Å². The molecule has 1 heterocycles. The van der Waals surface area contributed by atoms with Crippen molar-refractivity contribution in [3.05, 3.63) is 131 Å². The summed E-state index contributed by atoms with van der Waals surface area (Å²) in [7, 11) is 0. The molecule has 4 aromatic rings. The third-order valence-corrected chi connectivity index (χ3v) is 5.82. The molecule has 0 saturated heterocycles. The molecule has 37 heavy (non-hydrogen) atoms. The summed E-state index contributed by atoms with van der Waals surface area (Å²) >= 11 is 3.28. The lowest BCUT2D eigenvalue weighted by molar-refractivity contribution is -0.580. The fourth-order valence-corrected chi connectivity index (χ4v) is 3.90. The lowest BCUT2D eigenvalue weighted by atomic mass is 10.0. The first-order valence-corrected chi connectivity index (χ1v) is 11.2. The van der Waals surface area contributed by atoms with Crippen LogP contribution in [0, 0.1) is 30.3 Å². The highest BCUT2D eigenvalue weighted by atomic mass is 79.9. The normalized spacial score (nSPS) is 11.6. The number of hydrogen-bond donors (Lipinski definition) is 1. The summed E-state index contributed by atoms with van der Waals surface area (Å²) in [5.74, 6) is -0.545. The maximum absolute atomic E-state index is 12.0. The molecule has 0 unspecified atom stereocenters. The van der Waals surface area contributed by atoms with Gasteiger partial charge in [0.2, 0.25) is 6.33 Å². The van der Waals surface area contributed by atoms with Gasteiger partial charge in [-0.1, -0.05) is 58.4 Å². The highest BCUT2D eigenvalue weighted by molar-refractivity contribution is 9.10. The van der Waals surface area contributed by atoms with Crippen LogP contribution in [0.25, 0.3) is 11.5 Å². The molecule has 1 N–H and O–H groups in total. The molecule has 14 heteroatoms. The molecule has 0 aliphatic carbocycles. The number of nitro groups is 3. The van der Waals surface area contributed by atoms with E-state index in [9.17, 15) is 35.4 Å². The first-order valence-electron chi connectivity index (χ1n) is 10.4. The van der Waals surface area contributed by atoms with Crippen LogP contribution in [0.15, 0.2) is 83.9 Å². The maximum Gasteiger partial charge on any atom is 0.294 e. The zero-order valence-corrected chi connectivity index (χ0v) is 20.3.